The van der Waals surface area contributed by atoms with Crippen LogP contribution in [-0.4, -0.2) is 17.6 Å². The molecule has 0 fully saturated rings. The number of anilines is 2. The molecule has 0 aromatic heterocycles. The second kappa shape index (κ2) is 7.88. The van der Waals surface area contributed by atoms with Gasteiger partial charge in [0, 0.05) is 5.69 Å². The molecule has 0 saturated heterocycles. The van der Waals surface area contributed by atoms with Crippen LogP contribution < -0.4 is 16.0 Å². The number of aryl methyl sites for hydroxylation is 3. The van der Waals surface area contributed by atoms with Crippen LogP contribution in [0, 0.1) is 26.6 Å². The van der Waals surface area contributed by atoms with E-state index in [9.17, 15) is 9.18 Å². The summed E-state index contributed by atoms with van der Waals surface area (Å²) in [6, 6.07) is 10.2. The van der Waals surface area contributed by atoms with Crippen molar-refractivity contribution in [1.82, 2.24) is 5.32 Å². The predicted octanol–water partition coefficient (Wildman–Crippen LogP) is 3.68. The maximum Gasteiger partial charge on any atom is 0.243 e. The lowest BCUT2D eigenvalue weighted by Gasteiger charge is -2.14. The van der Waals surface area contributed by atoms with Crippen LogP contribution in [0.2, 0.25) is 0 Å². The maximum absolute atomic E-state index is 13.5. The summed E-state index contributed by atoms with van der Waals surface area (Å²) in [6.45, 7) is 5.91. The largest absolute Gasteiger partial charge is 0.353 e. The molecule has 0 aliphatic rings. The zero-order chi connectivity index (χ0) is 17.7. The van der Waals surface area contributed by atoms with Crippen LogP contribution in [0.25, 0.3) is 0 Å². The molecule has 24 heavy (non-hydrogen) atoms. The van der Waals surface area contributed by atoms with Crippen molar-refractivity contribution < 1.29 is 9.18 Å². The van der Waals surface area contributed by atoms with E-state index in [1.165, 1.54) is 6.07 Å². The van der Waals surface area contributed by atoms with Gasteiger partial charge >= 0.3 is 0 Å². The third-order valence-corrected chi connectivity index (χ3v) is 3.72. The molecule has 2 rings (SSSR count). The molecule has 0 heterocycles. The lowest BCUT2D eigenvalue weighted by atomic mass is 10.1. The van der Waals surface area contributed by atoms with Gasteiger partial charge in [-0.1, -0.05) is 29.8 Å². The Morgan fingerprint density at radius 3 is 2.33 bits per heavy atom. The van der Waals surface area contributed by atoms with E-state index in [1.54, 1.807) is 18.2 Å². The summed E-state index contributed by atoms with van der Waals surface area (Å²) in [7, 11) is 0. The van der Waals surface area contributed by atoms with Crippen molar-refractivity contribution in [3.05, 3.63) is 58.9 Å². The minimum absolute atomic E-state index is 0.00690. The van der Waals surface area contributed by atoms with E-state index in [2.05, 4.69) is 16.0 Å². The molecule has 0 bridgehead atoms. The van der Waals surface area contributed by atoms with Crippen LogP contribution >= 0.6 is 12.2 Å². The Labute approximate surface area is 146 Å². The Morgan fingerprint density at radius 1 is 1.08 bits per heavy atom. The topological polar surface area (TPSA) is 53.2 Å². The summed E-state index contributed by atoms with van der Waals surface area (Å²) in [4.78, 5) is 12.1. The first kappa shape index (κ1) is 17.9. The van der Waals surface area contributed by atoms with Gasteiger partial charge in [-0.05, 0) is 56.2 Å². The molecular weight excluding hydrogens is 325 g/mol. The van der Waals surface area contributed by atoms with Gasteiger partial charge in [-0.25, -0.2) is 4.39 Å². The molecule has 1 amide bonds. The van der Waals surface area contributed by atoms with Gasteiger partial charge < -0.3 is 16.0 Å². The van der Waals surface area contributed by atoms with E-state index in [1.807, 2.05) is 32.9 Å². The minimum atomic E-state index is -0.406. The van der Waals surface area contributed by atoms with Crippen LogP contribution in [0.1, 0.15) is 16.7 Å². The number of nitrogens with one attached hydrogen (secondary N) is 3. The highest BCUT2D eigenvalue weighted by atomic mass is 32.1. The molecule has 0 radical (unpaired) electrons. The molecule has 126 valence electrons. The van der Waals surface area contributed by atoms with Gasteiger partial charge in [0.15, 0.2) is 5.11 Å². The zero-order valence-corrected chi connectivity index (χ0v) is 14.7. The number of amides is 1. The van der Waals surface area contributed by atoms with Gasteiger partial charge in [-0.15, -0.1) is 0 Å². The first-order valence-electron chi connectivity index (χ1n) is 7.54. The molecule has 3 N–H and O–H groups in total. The highest BCUT2D eigenvalue weighted by Gasteiger charge is 2.09. The van der Waals surface area contributed by atoms with Gasteiger partial charge in [0.1, 0.15) is 5.82 Å². The number of thiocarbonyl (C=S) groups is 1. The highest BCUT2D eigenvalue weighted by molar-refractivity contribution is 7.80. The number of halogens is 1. The van der Waals surface area contributed by atoms with Crippen molar-refractivity contribution in [1.29, 1.82) is 0 Å². The predicted molar refractivity (Wildman–Crippen MR) is 99.9 cm³/mol. The number of para-hydroxylation sites is 1. The summed E-state index contributed by atoms with van der Waals surface area (Å²) < 4.78 is 13.5. The molecule has 2 aromatic rings. The molecule has 0 aliphatic heterocycles. The number of benzene rings is 2. The van der Waals surface area contributed by atoms with Gasteiger partial charge in [0.2, 0.25) is 5.91 Å². The van der Waals surface area contributed by atoms with Gasteiger partial charge in [-0.3, -0.25) is 4.79 Å². The van der Waals surface area contributed by atoms with E-state index in [0.29, 0.717) is 0 Å². The monoisotopic (exact) mass is 345 g/mol. The summed E-state index contributed by atoms with van der Waals surface area (Å²) in [5.41, 5.74) is 4.23. The van der Waals surface area contributed by atoms with E-state index >= 15 is 0 Å². The van der Waals surface area contributed by atoms with Crippen LogP contribution in [-0.2, 0) is 4.79 Å². The fraction of sp³-hybridized carbons (Fsp3) is 0.222. The van der Waals surface area contributed by atoms with Crippen LogP contribution in [0.4, 0.5) is 15.8 Å². The van der Waals surface area contributed by atoms with Crippen molar-refractivity contribution in [2.45, 2.75) is 20.8 Å². The number of hydrogen-bond acceptors (Lipinski definition) is 2. The molecule has 0 atom stereocenters. The van der Waals surface area contributed by atoms with Gasteiger partial charge in [-0.2, -0.15) is 0 Å². The summed E-state index contributed by atoms with van der Waals surface area (Å²) >= 11 is 5.08. The fourth-order valence-corrected chi connectivity index (χ4v) is 2.63. The summed E-state index contributed by atoms with van der Waals surface area (Å²) in [5, 5.41) is 8.56. The summed E-state index contributed by atoms with van der Waals surface area (Å²) in [5.74, 6) is -0.625. The second-order valence-corrected chi connectivity index (χ2v) is 6.02. The van der Waals surface area contributed by atoms with Gasteiger partial charge in [0.25, 0.3) is 0 Å². The van der Waals surface area contributed by atoms with E-state index in [0.717, 1.165) is 22.4 Å². The van der Waals surface area contributed by atoms with Crippen molar-refractivity contribution in [2.24, 2.45) is 0 Å². The smallest absolute Gasteiger partial charge is 0.243 e. The molecule has 0 saturated carbocycles. The zero-order valence-electron chi connectivity index (χ0n) is 13.9. The van der Waals surface area contributed by atoms with E-state index in [-0.39, 0.29) is 23.3 Å². The Bertz CT molecular complexity index is 754. The first-order valence-corrected chi connectivity index (χ1v) is 7.94. The molecule has 0 aliphatic carbocycles. The van der Waals surface area contributed by atoms with Gasteiger partial charge in [0.05, 0.1) is 12.2 Å². The normalized spacial score (nSPS) is 10.2. The average molecular weight is 345 g/mol. The SMILES string of the molecule is Cc1cc(C)c(NC(=O)CNC(=S)Nc2ccccc2F)c(C)c1. The number of carbonyl (C=O) groups is 1. The summed E-state index contributed by atoms with van der Waals surface area (Å²) in [6.07, 6.45) is 0. The Morgan fingerprint density at radius 2 is 1.71 bits per heavy atom. The Balaban J connectivity index is 1.90. The van der Waals surface area contributed by atoms with E-state index in [4.69, 9.17) is 12.2 Å². The Kier molecular flexibility index (Phi) is 5.87. The van der Waals surface area contributed by atoms with Crippen molar-refractivity contribution in [3.8, 4) is 0 Å². The third kappa shape index (κ3) is 4.76. The average Bonchev–Trinajstić information content (AvgIpc) is 2.51. The van der Waals surface area contributed by atoms with Crippen molar-refractivity contribution >= 4 is 34.6 Å². The number of hydrogen-bond donors (Lipinski definition) is 3. The third-order valence-electron chi connectivity index (χ3n) is 3.47. The molecule has 4 nitrogen and oxygen atoms in total. The van der Waals surface area contributed by atoms with Crippen LogP contribution in [0.5, 0.6) is 0 Å². The molecule has 0 unspecified atom stereocenters. The van der Waals surface area contributed by atoms with Crippen molar-refractivity contribution in [3.63, 3.8) is 0 Å². The lowest BCUT2D eigenvalue weighted by molar-refractivity contribution is -0.115. The minimum Gasteiger partial charge on any atom is -0.353 e. The standard InChI is InChI=1S/C18H20FN3OS/c1-11-8-12(2)17(13(3)9-11)22-16(23)10-20-18(24)21-15-7-5-4-6-14(15)19/h4-9H,10H2,1-3H3,(H,22,23)(H2,20,21,24). The van der Waals surface area contributed by atoms with Crippen LogP contribution in [0.15, 0.2) is 36.4 Å². The lowest BCUT2D eigenvalue weighted by Crippen LogP contribution is -2.36. The molecule has 0 spiro atoms. The molecular formula is C18H20FN3OS. The molecule has 6 heteroatoms. The maximum atomic E-state index is 13.5. The van der Waals surface area contributed by atoms with E-state index < -0.39 is 5.82 Å². The second-order valence-electron chi connectivity index (χ2n) is 5.61. The number of carbonyl (C=O) groups excluding carboxylic acids is 1. The quantitative estimate of drug-likeness (QED) is 0.740. The highest BCUT2D eigenvalue weighted by Crippen LogP contribution is 2.21. The fourth-order valence-electron chi connectivity index (χ4n) is 2.45. The first-order chi connectivity index (χ1) is 11.4. The number of rotatable bonds is 4. The Hall–Kier alpha value is -2.47. The molecule has 2 aromatic carbocycles. The van der Waals surface area contributed by atoms with Crippen LogP contribution in [0.3, 0.4) is 0 Å². The van der Waals surface area contributed by atoms with Crippen molar-refractivity contribution in [2.75, 3.05) is 17.2 Å².